The highest BCUT2D eigenvalue weighted by Gasteiger charge is 2.48. The van der Waals surface area contributed by atoms with Gasteiger partial charge < -0.3 is 15.2 Å². The Labute approximate surface area is 169 Å². The number of rotatable bonds is 2. The van der Waals surface area contributed by atoms with Gasteiger partial charge in [0.15, 0.2) is 0 Å². The fourth-order valence-electron chi connectivity index (χ4n) is 6.08. The van der Waals surface area contributed by atoms with Crippen molar-refractivity contribution in [2.75, 3.05) is 13.2 Å². The maximum atomic E-state index is 15.4. The fourth-order valence-corrected chi connectivity index (χ4v) is 6.08. The molecule has 29 heavy (non-hydrogen) atoms. The van der Waals surface area contributed by atoms with E-state index in [4.69, 9.17) is 4.74 Å². The maximum absolute atomic E-state index is 15.4. The van der Waals surface area contributed by atoms with Gasteiger partial charge in [0.25, 0.3) is 0 Å². The minimum atomic E-state index is -1.26. The number of hydrogen-bond acceptors (Lipinski definition) is 4. The van der Waals surface area contributed by atoms with Gasteiger partial charge in [0.2, 0.25) is 5.78 Å². The summed E-state index contributed by atoms with van der Waals surface area (Å²) in [6.45, 7) is 5.64. The third kappa shape index (κ3) is 2.68. The van der Waals surface area contributed by atoms with E-state index in [2.05, 4.69) is 12.2 Å². The number of fused-ring (bicyclic) bond motifs is 1. The number of benzene rings is 1. The predicted molar refractivity (Wildman–Crippen MR) is 105 cm³/mol. The van der Waals surface area contributed by atoms with Gasteiger partial charge in [-0.2, -0.15) is 0 Å². The van der Waals surface area contributed by atoms with Crippen LogP contribution in [0, 0.1) is 17.2 Å². The number of nitrogens with one attached hydrogen (secondary N) is 1. The molecule has 1 aromatic carbocycles. The van der Waals surface area contributed by atoms with Crippen molar-refractivity contribution >= 4 is 11.8 Å². The van der Waals surface area contributed by atoms with Crippen LogP contribution in [0.2, 0.25) is 0 Å². The standard InChI is InChI=1S/C23H26FNO4/c1-11-10-29-21-18(12-6-17-23(2,9-12)4-3-5-25-17)16(24)8-14-19(21)13(11)7-15(20(14)26)22(27)28/h7-8,11-13,17,25H,3-6,9-10H2,1-2H3,(H,27,28). The van der Waals surface area contributed by atoms with Crippen LogP contribution in [0.3, 0.4) is 0 Å². The normalized spacial score (nSPS) is 35.4. The van der Waals surface area contributed by atoms with E-state index in [0.29, 0.717) is 29.5 Å². The second kappa shape index (κ2) is 6.39. The number of aliphatic carboxylic acids is 1. The Hall–Kier alpha value is -2.21. The summed E-state index contributed by atoms with van der Waals surface area (Å²) in [5.41, 5.74) is 1.29. The zero-order valence-corrected chi connectivity index (χ0v) is 16.8. The highest BCUT2D eigenvalue weighted by atomic mass is 19.1. The molecule has 2 aliphatic heterocycles. The lowest BCUT2D eigenvalue weighted by Gasteiger charge is -2.37. The number of halogens is 1. The van der Waals surface area contributed by atoms with Crippen molar-refractivity contribution in [2.24, 2.45) is 11.3 Å². The Morgan fingerprint density at radius 1 is 1.38 bits per heavy atom. The predicted octanol–water partition coefficient (Wildman–Crippen LogP) is 3.78. The van der Waals surface area contributed by atoms with Gasteiger partial charge in [-0.05, 0) is 49.6 Å². The van der Waals surface area contributed by atoms with E-state index in [0.717, 1.165) is 32.2 Å². The largest absolute Gasteiger partial charge is 0.493 e. The lowest BCUT2D eigenvalue weighted by Crippen LogP contribution is -2.44. The van der Waals surface area contributed by atoms with E-state index >= 15 is 4.39 Å². The Kier molecular flexibility index (Phi) is 4.14. The SMILES string of the molecule is CC1COc2c(C3CC4NCCCC4(C)C3)c(F)cc3c2C1C=C(C(=O)O)C3=O. The lowest BCUT2D eigenvalue weighted by molar-refractivity contribution is -0.132. The van der Waals surface area contributed by atoms with Crippen molar-refractivity contribution in [2.45, 2.75) is 57.4 Å². The average Bonchev–Trinajstić information content (AvgIpc) is 3.02. The molecule has 5 nitrogen and oxygen atoms in total. The average molecular weight is 399 g/mol. The second-order valence-corrected chi connectivity index (χ2v) is 9.49. The molecular weight excluding hydrogens is 373 g/mol. The number of ether oxygens (including phenoxy) is 1. The molecule has 2 heterocycles. The van der Waals surface area contributed by atoms with Crippen LogP contribution in [0.1, 0.15) is 72.9 Å². The third-order valence-corrected chi connectivity index (χ3v) is 7.61. The molecule has 2 N–H and O–H groups in total. The van der Waals surface area contributed by atoms with Crippen LogP contribution in [0.25, 0.3) is 0 Å². The van der Waals surface area contributed by atoms with Crippen molar-refractivity contribution in [3.8, 4) is 5.75 Å². The molecule has 5 rings (SSSR count). The summed E-state index contributed by atoms with van der Waals surface area (Å²) in [7, 11) is 0. The molecule has 0 aromatic heterocycles. The van der Waals surface area contributed by atoms with Crippen LogP contribution in [0.5, 0.6) is 5.75 Å². The first-order valence-electron chi connectivity index (χ1n) is 10.5. The zero-order chi connectivity index (χ0) is 20.5. The molecule has 5 atom stereocenters. The molecule has 5 unspecified atom stereocenters. The summed E-state index contributed by atoms with van der Waals surface area (Å²) in [6.07, 6.45) is 5.55. The Balaban J connectivity index is 1.64. The highest BCUT2D eigenvalue weighted by Crippen LogP contribution is 2.55. The maximum Gasteiger partial charge on any atom is 0.339 e. The number of carbonyl (C=O) groups is 2. The van der Waals surface area contributed by atoms with Crippen LogP contribution in [-0.4, -0.2) is 36.1 Å². The minimum Gasteiger partial charge on any atom is -0.493 e. The molecule has 0 radical (unpaired) electrons. The van der Waals surface area contributed by atoms with Gasteiger partial charge in [0.1, 0.15) is 17.1 Å². The van der Waals surface area contributed by atoms with Crippen LogP contribution in [0.15, 0.2) is 17.7 Å². The van der Waals surface area contributed by atoms with Gasteiger partial charge >= 0.3 is 5.97 Å². The monoisotopic (exact) mass is 399 g/mol. The number of piperidine rings is 1. The van der Waals surface area contributed by atoms with Gasteiger partial charge in [-0.3, -0.25) is 4.79 Å². The number of carbonyl (C=O) groups excluding carboxylic acids is 1. The van der Waals surface area contributed by atoms with Gasteiger partial charge in [-0.15, -0.1) is 0 Å². The molecule has 4 aliphatic rings. The molecule has 0 bridgehead atoms. The number of carboxylic acids is 1. The first-order chi connectivity index (χ1) is 13.8. The molecule has 0 spiro atoms. The van der Waals surface area contributed by atoms with Crippen molar-refractivity contribution < 1.29 is 23.8 Å². The number of carboxylic acid groups (broad SMARTS) is 1. The first kappa shape index (κ1) is 18.8. The molecule has 2 fully saturated rings. The summed E-state index contributed by atoms with van der Waals surface area (Å²) in [6, 6.07) is 1.63. The minimum absolute atomic E-state index is 0.0207. The summed E-state index contributed by atoms with van der Waals surface area (Å²) >= 11 is 0. The Morgan fingerprint density at radius 2 is 2.17 bits per heavy atom. The third-order valence-electron chi connectivity index (χ3n) is 7.61. The van der Waals surface area contributed by atoms with Crippen LogP contribution >= 0.6 is 0 Å². The van der Waals surface area contributed by atoms with E-state index in [1.165, 1.54) is 6.07 Å². The molecule has 1 saturated heterocycles. The van der Waals surface area contributed by atoms with Crippen LogP contribution in [-0.2, 0) is 4.79 Å². The van der Waals surface area contributed by atoms with E-state index in [9.17, 15) is 14.7 Å². The molecule has 0 amide bonds. The van der Waals surface area contributed by atoms with Gasteiger partial charge in [-0.25, -0.2) is 9.18 Å². The van der Waals surface area contributed by atoms with Crippen LogP contribution in [0.4, 0.5) is 4.39 Å². The van der Waals surface area contributed by atoms with Crippen molar-refractivity contribution in [1.29, 1.82) is 0 Å². The molecular formula is C23H26FNO4. The van der Waals surface area contributed by atoms with Crippen LogP contribution < -0.4 is 10.1 Å². The molecule has 1 saturated carbocycles. The summed E-state index contributed by atoms with van der Waals surface area (Å²) < 4.78 is 21.5. The summed E-state index contributed by atoms with van der Waals surface area (Å²) in [5.74, 6) is -2.03. The Morgan fingerprint density at radius 3 is 2.90 bits per heavy atom. The van der Waals surface area contributed by atoms with E-state index in [1.807, 2.05) is 6.92 Å². The van der Waals surface area contributed by atoms with Gasteiger partial charge in [-0.1, -0.05) is 19.9 Å². The summed E-state index contributed by atoms with van der Waals surface area (Å²) in [4.78, 5) is 24.3. The topological polar surface area (TPSA) is 75.6 Å². The number of hydrogen-bond donors (Lipinski definition) is 2. The van der Waals surface area contributed by atoms with Crippen molar-refractivity contribution in [1.82, 2.24) is 5.32 Å². The van der Waals surface area contributed by atoms with E-state index in [-0.39, 0.29) is 34.3 Å². The zero-order valence-electron chi connectivity index (χ0n) is 16.8. The summed E-state index contributed by atoms with van der Waals surface area (Å²) in [5, 5.41) is 13.0. The first-order valence-corrected chi connectivity index (χ1v) is 10.5. The van der Waals surface area contributed by atoms with Gasteiger partial charge in [0.05, 0.1) is 6.61 Å². The van der Waals surface area contributed by atoms with E-state index < -0.39 is 17.6 Å². The molecule has 6 heteroatoms. The molecule has 1 aromatic rings. The quantitative estimate of drug-likeness (QED) is 0.741. The molecule has 154 valence electrons. The van der Waals surface area contributed by atoms with Crippen molar-refractivity contribution in [3.63, 3.8) is 0 Å². The number of allylic oxidation sites excluding steroid dienone is 1. The van der Waals surface area contributed by atoms with Gasteiger partial charge in [0, 0.05) is 34.6 Å². The fraction of sp³-hybridized carbons (Fsp3) is 0.565. The van der Waals surface area contributed by atoms with E-state index in [1.54, 1.807) is 6.08 Å². The van der Waals surface area contributed by atoms with Crippen molar-refractivity contribution in [3.05, 3.63) is 40.2 Å². The second-order valence-electron chi connectivity index (χ2n) is 9.49. The lowest BCUT2D eigenvalue weighted by atomic mass is 9.73. The number of ketones is 1. The molecule has 2 aliphatic carbocycles. The Bertz CT molecular complexity index is 955. The number of Topliss-reactive ketones (excluding diaryl/α,β-unsaturated/α-hetero) is 1. The highest BCUT2D eigenvalue weighted by molar-refractivity contribution is 6.25. The smallest absolute Gasteiger partial charge is 0.339 e.